The van der Waals surface area contributed by atoms with Crippen LogP contribution in [0.5, 0.6) is 23.0 Å². The molecule has 3 aromatic carbocycles. The topological polar surface area (TPSA) is 40.0 Å². The summed E-state index contributed by atoms with van der Waals surface area (Å²) in [6.45, 7) is 2.52. The summed E-state index contributed by atoms with van der Waals surface area (Å²) in [5, 5.41) is 0.642. The Balaban J connectivity index is 1.70. The molecule has 0 spiro atoms. The van der Waals surface area contributed by atoms with Crippen molar-refractivity contribution in [2.75, 3.05) is 13.7 Å². The summed E-state index contributed by atoms with van der Waals surface area (Å²) in [5.74, 6) is 3.02. The first kappa shape index (κ1) is 18.8. The van der Waals surface area contributed by atoms with Gasteiger partial charge < -0.3 is 14.2 Å². The molecule has 0 N–H and O–H groups in total. The molecule has 0 aliphatic carbocycles. The molecule has 0 atom stereocenters. The Morgan fingerprint density at radius 3 is 2.15 bits per heavy atom. The van der Waals surface area contributed by atoms with Crippen molar-refractivity contribution in [2.45, 2.75) is 6.92 Å². The summed E-state index contributed by atoms with van der Waals surface area (Å²) in [6, 6.07) is 20.4. The van der Waals surface area contributed by atoms with E-state index in [-0.39, 0.29) is 0 Å². The summed E-state index contributed by atoms with van der Waals surface area (Å²) in [7, 11) is 1.63. The number of methoxy groups -OCH3 is 1. The molecule has 138 valence electrons. The zero-order chi connectivity index (χ0) is 19.1. The molecule has 0 amide bonds. The van der Waals surface area contributed by atoms with Crippen LogP contribution in [-0.4, -0.2) is 19.9 Å². The van der Waals surface area contributed by atoms with E-state index in [0.29, 0.717) is 11.6 Å². The van der Waals surface area contributed by atoms with Gasteiger partial charge >= 0.3 is 0 Å². The number of nitrogens with zero attached hydrogens (tertiary/aromatic N) is 1. The van der Waals surface area contributed by atoms with Crippen LogP contribution in [0.1, 0.15) is 12.5 Å². The minimum absolute atomic E-state index is 0.583. The quantitative estimate of drug-likeness (QED) is 0.451. The van der Waals surface area contributed by atoms with Gasteiger partial charge in [-0.05, 0) is 73.7 Å². The zero-order valence-corrected chi connectivity index (χ0v) is 15.9. The third-order valence-corrected chi connectivity index (χ3v) is 3.99. The molecule has 4 nitrogen and oxygen atoms in total. The molecular weight excluding hydrogens is 362 g/mol. The van der Waals surface area contributed by atoms with Crippen molar-refractivity contribution in [2.24, 2.45) is 4.99 Å². The fraction of sp³-hybridized carbons (Fsp3) is 0.136. The number of rotatable bonds is 7. The lowest BCUT2D eigenvalue weighted by molar-refractivity contribution is 0.340. The van der Waals surface area contributed by atoms with Crippen LogP contribution in [0.15, 0.2) is 71.7 Å². The monoisotopic (exact) mass is 381 g/mol. The SMILES string of the molecule is CCOc1ccc(Cl)cc1C=Nc1ccc(Oc2ccc(OC)cc2)cc1. The largest absolute Gasteiger partial charge is 0.497 e. The van der Waals surface area contributed by atoms with Crippen molar-refractivity contribution in [1.82, 2.24) is 0 Å². The van der Waals surface area contributed by atoms with E-state index >= 15 is 0 Å². The third-order valence-electron chi connectivity index (χ3n) is 3.76. The molecule has 0 saturated heterocycles. The standard InChI is InChI=1S/C22H20ClNO3/c1-3-26-22-13-4-17(23)14-16(22)15-24-18-5-7-20(8-6-18)27-21-11-9-19(25-2)10-12-21/h4-15H,3H2,1-2H3. The molecule has 5 heteroatoms. The van der Waals surface area contributed by atoms with Crippen LogP contribution in [0.4, 0.5) is 5.69 Å². The lowest BCUT2D eigenvalue weighted by Gasteiger charge is -2.07. The van der Waals surface area contributed by atoms with Crippen LogP contribution < -0.4 is 14.2 Å². The number of halogens is 1. The van der Waals surface area contributed by atoms with E-state index in [9.17, 15) is 0 Å². The van der Waals surface area contributed by atoms with Crippen molar-refractivity contribution < 1.29 is 14.2 Å². The second-order valence-corrected chi connectivity index (χ2v) is 6.08. The van der Waals surface area contributed by atoms with Gasteiger partial charge in [0, 0.05) is 16.8 Å². The highest BCUT2D eigenvalue weighted by molar-refractivity contribution is 6.30. The smallest absolute Gasteiger partial charge is 0.128 e. The van der Waals surface area contributed by atoms with E-state index in [1.807, 2.05) is 67.6 Å². The summed E-state index contributed by atoms with van der Waals surface area (Å²) in [4.78, 5) is 4.50. The maximum absolute atomic E-state index is 6.07. The van der Waals surface area contributed by atoms with E-state index in [4.69, 9.17) is 25.8 Å². The fourth-order valence-electron chi connectivity index (χ4n) is 2.43. The summed E-state index contributed by atoms with van der Waals surface area (Å²) in [5.41, 5.74) is 1.64. The van der Waals surface area contributed by atoms with Crippen molar-refractivity contribution >= 4 is 23.5 Å². The Morgan fingerprint density at radius 1 is 0.889 bits per heavy atom. The number of aliphatic imine (C=N–C) groups is 1. The molecule has 0 heterocycles. The number of hydrogen-bond donors (Lipinski definition) is 0. The minimum atomic E-state index is 0.583. The van der Waals surface area contributed by atoms with Gasteiger partial charge in [0.15, 0.2) is 0 Å². The maximum Gasteiger partial charge on any atom is 0.128 e. The van der Waals surface area contributed by atoms with Gasteiger partial charge in [0.2, 0.25) is 0 Å². The lowest BCUT2D eigenvalue weighted by atomic mass is 10.2. The van der Waals surface area contributed by atoms with Crippen molar-refractivity contribution in [1.29, 1.82) is 0 Å². The molecule has 0 bridgehead atoms. The highest BCUT2D eigenvalue weighted by Crippen LogP contribution is 2.26. The van der Waals surface area contributed by atoms with Gasteiger partial charge in [0.1, 0.15) is 23.0 Å². The second kappa shape index (κ2) is 9.10. The van der Waals surface area contributed by atoms with Crippen LogP contribution >= 0.6 is 11.6 Å². The third kappa shape index (κ3) is 5.25. The molecule has 0 fully saturated rings. The number of ether oxygens (including phenoxy) is 3. The minimum Gasteiger partial charge on any atom is -0.497 e. The Hall–Kier alpha value is -2.98. The van der Waals surface area contributed by atoms with Crippen LogP contribution in [0, 0.1) is 0 Å². The van der Waals surface area contributed by atoms with Gasteiger partial charge in [-0.2, -0.15) is 0 Å². The molecule has 0 aliphatic heterocycles. The average molecular weight is 382 g/mol. The van der Waals surface area contributed by atoms with Crippen LogP contribution in [-0.2, 0) is 0 Å². The van der Waals surface area contributed by atoms with Crippen molar-refractivity contribution in [3.63, 3.8) is 0 Å². The predicted octanol–water partition coefficient (Wildman–Crippen LogP) is 6.29. The normalized spacial score (nSPS) is 10.8. The molecule has 3 aromatic rings. The Bertz CT molecular complexity index is 906. The highest BCUT2D eigenvalue weighted by Gasteiger charge is 2.03. The molecule has 27 heavy (non-hydrogen) atoms. The zero-order valence-electron chi connectivity index (χ0n) is 15.2. The van der Waals surface area contributed by atoms with Gasteiger partial charge in [-0.15, -0.1) is 0 Å². The van der Waals surface area contributed by atoms with Crippen LogP contribution in [0.25, 0.3) is 0 Å². The summed E-state index contributed by atoms with van der Waals surface area (Å²) in [6.07, 6.45) is 1.75. The summed E-state index contributed by atoms with van der Waals surface area (Å²) < 4.78 is 16.6. The molecular formula is C22H20ClNO3. The van der Waals surface area contributed by atoms with Gasteiger partial charge in [-0.3, -0.25) is 4.99 Å². The fourth-order valence-corrected chi connectivity index (χ4v) is 2.61. The van der Waals surface area contributed by atoms with Gasteiger partial charge in [0.25, 0.3) is 0 Å². The molecule has 0 radical (unpaired) electrons. The Kier molecular flexibility index (Phi) is 6.34. The van der Waals surface area contributed by atoms with Crippen LogP contribution in [0.3, 0.4) is 0 Å². The van der Waals surface area contributed by atoms with Crippen LogP contribution in [0.2, 0.25) is 5.02 Å². The van der Waals surface area contributed by atoms with Crippen molar-refractivity contribution in [3.05, 3.63) is 77.3 Å². The number of hydrogen-bond acceptors (Lipinski definition) is 4. The van der Waals surface area contributed by atoms with E-state index in [1.54, 1.807) is 19.4 Å². The molecule has 0 aromatic heterocycles. The first-order valence-electron chi connectivity index (χ1n) is 8.56. The van der Waals surface area contributed by atoms with Gasteiger partial charge in [-0.1, -0.05) is 11.6 Å². The summed E-state index contributed by atoms with van der Waals surface area (Å²) >= 11 is 6.07. The Morgan fingerprint density at radius 2 is 1.52 bits per heavy atom. The second-order valence-electron chi connectivity index (χ2n) is 5.64. The number of benzene rings is 3. The molecule has 0 aliphatic rings. The lowest BCUT2D eigenvalue weighted by Crippen LogP contribution is -1.95. The van der Waals surface area contributed by atoms with E-state index < -0.39 is 0 Å². The first-order chi connectivity index (χ1) is 13.2. The van der Waals surface area contributed by atoms with Gasteiger partial charge in [-0.25, -0.2) is 0 Å². The predicted molar refractivity (Wildman–Crippen MR) is 109 cm³/mol. The van der Waals surface area contributed by atoms with Gasteiger partial charge in [0.05, 0.1) is 19.4 Å². The first-order valence-corrected chi connectivity index (χ1v) is 8.94. The Labute approximate surface area is 164 Å². The maximum atomic E-state index is 6.07. The molecule has 3 rings (SSSR count). The molecule has 0 unspecified atom stereocenters. The van der Waals surface area contributed by atoms with E-state index in [0.717, 1.165) is 34.2 Å². The van der Waals surface area contributed by atoms with E-state index in [1.165, 1.54) is 0 Å². The average Bonchev–Trinajstić information content (AvgIpc) is 2.70. The van der Waals surface area contributed by atoms with Crippen molar-refractivity contribution in [3.8, 4) is 23.0 Å². The van der Waals surface area contributed by atoms with E-state index in [2.05, 4.69) is 4.99 Å². The highest BCUT2D eigenvalue weighted by atomic mass is 35.5. The molecule has 0 saturated carbocycles.